The molecule has 0 aromatic heterocycles. The van der Waals surface area contributed by atoms with Crippen LogP contribution in [0, 0.1) is 18.6 Å². The van der Waals surface area contributed by atoms with Crippen LogP contribution in [-0.4, -0.2) is 0 Å². The summed E-state index contributed by atoms with van der Waals surface area (Å²) in [7, 11) is 0. The fourth-order valence-electron chi connectivity index (χ4n) is 1.64. The van der Waals surface area contributed by atoms with Gasteiger partial charge in [-0.3, -0.25) is 0 Å². The lowest BCUT2D eigenvalue weighted by atomic mass is 10.1. The van der Waals surface area contributed by atoms with Crippen LogP contribution >= 0.6 is 15.9 Å². The van der Waals surface area contributed by atoms with Gasteiger partial charge in [-0.15, -0.1) is 0 Å². The van der Waals surface area contributed by atoms with E-state index in [9.17, 15) is 8.78 Å². The van der Waals surface area contributed by atoms with Gasteiger partial charge in [-0.05, 0) is 47.1 Å². The van der Waals surface area contributed by atoms with Crippen molar-refractivity contribution < 1.29 is 8.78 Å². The average Bonchev–Trinajstić information content (AvgIpc) is 2.34. The number of hydrogen-bond acceptors (Lipinski definition) is 1. The molecule has 0 unspecified atom stereocenters. The Morgan fingerprint density at radius 1 is 1.06 bits per heavy atom. The Labute approximate surface area is 113 Å². The Hall–Kier alpha value is -1.42. The molecule has 1 N–H and O–H groups in total. The first-order valence-corrected chi connectivity index (χ1v) is 6.29. The fourth-order valence-corrected chi connectivity index (χ4v) is 2.02. The third-order valence-electron chi connectivity index (χ3n) is 2.60. The molecule has 1 nitrogen and oxygen atoms in total. The van der Waals surface area contributed by atoms with E-state index in [0.29, 0.717) is 16.6 Å². The van der Waals surface area contributed by atoms with E-state index >= 15 is 0 Å². The highest BCUT2D eigenvalue weighted by atomic mass is 79.9. The fraction of sp³-hybridized carbons (Fsp3) is 0.143. The van der Waals surface area contributed by atoms with Crippen LogP contribution in [0.3, 0.4) is 0 Å². The summed E-state index contributed by atoms with van der Waals surface area (Å²) < 4.78 is 26.9. The topological polar surface area (TPSA) is 12.0 Å². The molecule has 94 valence electrons. The van der Waals surface area contributed by atoms with Crippen molar-refractivity contribution in [2.45, 2.75) is 13.5 Å². The van der Waals surface area contributed by atoms with Crippen molar-refractivity contribution in [1.82, 2.24) is 0 Å². The molecule has 0 saturated carbocycles. The molecule has 4 heteroatoms. The molecule has 0 atom stereocenters. The first-order valence-electron chi connectivity index (χ1n) is 5.50. The SMILES string of the molecule is Cc1ccc(F)c(CNc2ccc(F)c(Br)c2)c1. The molecule has 2 aromatic carbocycles. The first kappa shape index (κ1) is 13.0. The summed E-state index contributed by atoms with van der Waals surface area (Å²) in [6.07, 6.45) is 0. The first-order chi connectivity index (χ1) is 8.56. The number of rotatable bonds is 3. The Bertz CT molecular complexity index is 570. The van der Waals surface area contributed by atoms with E-state index in [2.05, 4.69) is 21.2 Å². The van der Waals surface area contributed by atoms with Gasteiger partial charge < -0.3 is 5.32 Å². The number of aryl methyl sites for hydroxylation is 1. The highest BCUT2D eigenvalue weighted by molar-refractivity contribution is 9.10. The van der Waals surface area contributed by atoms with E-state index in [-0.39, 0.29) is 11.6 Å². The third kappa shape index (κ3) is 3.07. The van der Waals surface area contributed by atoms with E-state index in [1.807, 2.05) is 6.92 Å². The lowest BCUT2D eigenvalue weighted by molar-refractivity contribution is 0.612. The van der Waals surface area contributed by atoms with Crippen molar-refractivity contribution >= 4 is 21.6 Å². The van der Waals surface area contributed by atoms with Crippen molar-refractivity contribution in [3.8, 4) is 0 Å². The minimum absolute atomic E-state index is 0.241. The summed E-state index contributed by atoms with van der Waals surface area (Å²) in [4.78, 5) is 0. The van der Waals surface area contributed by atoms with Crippen LogP contribution in [0.5, 0.6) is 0 Å². The summed E-state index contributed by atoms with van der Waals surface area (Å²) in [5.41, 5.74) is 2.34. The Balaban J connectivity index is 2.11. The largest absolute Gasteiger partial charge is 0.381 e. The third-order valence-corrected chi connectivity index (χ3v) is 3.21. The standard InChI is InChI=1S/C14H12BrF2N/c1-9-2-4-13(16)10(6-9)8-18-11-3-5-14(17)12(15)7-11/h2-7,18H,8H2,1H3. The van der Waals surface area contributed by atoms with Gasteiger partial charge in [0.05, 0.1) is 4.47 Å². The molecule has 0 heterocycles. The van der Waals surface area contributed by atoms with E-state index < -0.39 is 0 Å². The van der Waals surface area contributed by atoms with Gasteiger partial charge in [0.2, 0.25) is 0 Å². The van der Waals surface area contributed by atoms with Gasteiger partial charge >= 0.3 is 0 Å². The smallest absolute Gasteiger partial charge is 0.137 e. The Morgan fingerprint density at radius 2 is 1.78 bits per heavy atom. The zero-order valence-corrected chi connectivity index (χ0v) is 11.4. The van der Waals surface area contributed by atoms with Gasteiger partial charge in [-0.1, -0.05) is 17.7 Å². The average molecular weight is 312 g/mol. The number of halogens is 3. The molecular weight excluding hydrogens is 300 g/mol. The maximum absolute atomic E-state index is 13.5. The second kappa shape index (κ2) is 5.48. The summed E-state index contributed by atoms with van der Waals surface area (Å²) in [6, 6.07) is 9.58. The van der Waals surface area contributed by atoms with Crippen LogP contribution < -0.4 is 5.32 Å². The number of hydrogen-bond donors (Lipinski definition) is 1. The molecule has 0 aliphatic carbocycles. The minimum atomic E-state index is -0.317. The second-order valence-electron chi connectivity index (χ2n) is 4.08. The molecule has 0 saturated heterocycles. The van der Waals surface area contributed by atoms with E-state index in [1.54, 1.807) is 24.3 Å². The molecule has 0 aliphatic heterocycles. The predicted octanol–water partition coefficient (Wildman–Crippen LogP) is 4.65. The second-order valence-corrected chi connectivity index (χ2v) is 4.93. The molecule has 0 amide bonds. The Kier molecular flexibility index (Phi) is 3.97. The number of nitrogens with one attached hydrogen (secondary N) is 1. The van der Waals surface area contributed by atoms with Crippen molar-refractivity contribution in [3.05, 3.63) is 63.6 Å². The van der Waals surface area contributed by atoms with Gasteiger partial charge in [-0.25, -0.2) is 8.78 Å². The molecule has 2 rings (SSSR count). The zero-order valence-electron chi connectivity index (χ0n) is 9.81. The van der Waals surface area contributed by atoms with E-state index in [1.165, 1.54) is 12.1 Å². The predicted molar refractivity (Wildman–Crippen MR) is 72.6 cm³/mol. The summed E-state index contributed by atoms with van der Waals surface area (Å²) in [6.45, 7) is 2.28. The maximum atomic E-state index is 13.5. The van der Waals surface area contributed by atoms with Crippen LogP contribution in [0.15, 0.2) is 40.9 Å². The number of benzene rings is 2. The maximum Gasteiger partial charge on any atom is 0.137 e. The molecule has 0 bridgehead atoms. The zero-order chi connectivity index (χ0) is 13.1. The summed E-state index contributed by atoms with van der Waals surface area (Å²) in [5, 5.41) is 3.06. The lowest BCUT2D eigenvalue weighted by Crippen LogP contribution is -2.02. The van der Waals surface area contributed by atoms with Gasteiger partial charge in [0.15, 0.2) is 0 Å². The molecule has 2 aromatic rings. The van der Waals surface area contributed by atoms with Crippen molar-refractivity contribution in [2.24, 2.45) is 0 Å². The van der Waals surface area contributed by atoms with Crippen molar-refractivity contribution in [2.75, 3.05) is 5.32 Å². The highest BCUT2D eigenvalue weighted by Crippen LogP contribution is 2.21. The molecule has 0 spiro atoms. The van der Waals surface area contributed by atoms with Crippen LogP contribution in [0.2, 0.25) is 0 Å². The van der Waals surface area contributed by atoms with Crippen molar-refractivity contribution in [3.63, 3.8) is 0 Å². The number of anilines is 1. The molecule has 0 aliphatic rings. The lowest BCUT2D eigenvalue weighted by Gasteiger charge is -2.09. The quantitative estimate of drug-likeness (QED) is 0.870. The van der Waals surface area contributed by atoms with Gasteiger partial charge in [0.25, 0.3) is 0 Å². The summed E-state index contributed by atoms with van der Waals surface area (Å²) >= 11 is 3.11. The van der Waals surface area contributed by atoms with Gasteiger partial charge in [0, 0.05) is 17.8 Å². The molecule has 0 radical (unpaired) electrons. The van der Waals surface area contributed by atoms with Crippen LogP contribution in [0.4, 0.5) is 14.5 Å². The van der Waals surface area contributed by atoms with E-state index in [0.717, 1.165) is 11.3 Å². The van der Waals surface area contributed by atoms with Crippen LogP contribution in [-0.2, 0) is 6.54 Å². The van der Waals surface area contributed by atoms with Crippen LogP contribution in [0.1, 0.15) is 11.1 Å². The summed E-state index contributed by atoms with van der Waals surface area (Å²) in [5.74, 6) is -0.559. The molecule has 18 heavy (non-hydrogen) atoms. The molecular formula is C14H12BrF2N. The van der Waals surface area contributed by atoms with Crippen LogP contribution in [0.25, 0.3) is 0 Å². The van der Waals surface area contributed by atoms with E-state index in [4.69, 9.17) is 0 Å². The monoisotopic (exact) mass is 311 g/mol. The van der Waals surface area contributed by atoms with Gasteiger partial charge in [-0.2, -0.15) is 0 Å². The molecule has 0 fully saturated rings. The minimum Gasteiger partial charge on any atom is -0.381 e. The normalized spacial score (nSPS) is 10.4. The Morgan fingerprint density at radius 3 is 2.50 bits per heavy atom. The van der Waals surface area contributed by atoms with Crippen molar-refractivity contribution in [1.29, 1.82) is 0 Å². The van der Waals surface area contributed by atoms with Gasteiger partial charge in [0.1, 0.15) is 11.6 Å². The highest BCUT2D eigenvalue weighted by Gasteiger charge is 2.04.